The van der Waals surface area contributed by atoms with Crippen LogP contribution in [-0.2, 0) is 32.0 Å². The van der Waals surface area contributed by atoms with Gasteiger partial charge in [-0.2, -0.15) is 0 Å². The minimum absolute atomic E-state index is 0.00620. The van der Waals surface area contributed by atoms with Crippen LogP contribution in [0.4, 0.5) is 11.4 Å². The molecule has 0 atom stereocenters. The molecule has 11 nitrogen and oxygen atoms in total. The Bertz CT molecular complexity index is 2930. The Labute approximate surface area is 412 Å². The molecule has 346 valence electrons. The van der Waals surface area contributed by atoms with Crippen LogP contribution < -0.4 is 19.3 Å². The van der Waals surface area contributed by atoms with Crippen LogP contribution in [0.25, 0.3) is 0 Å². The van der Waals surface area contributed by atoms with Crippen molar-refractivity contribution in [3.05, 3.63) is 200 Å². The first-order chi connectivity index (χ1) is 32.6. The number of carbonyl (C=O) groups excluding carboxylic acids is 4. The maximum Gasteiger partial charge on any atom is 0.333 e. The minimum atomic E-state index is -1.15. The van der Waals surface area contributed by atoms with E-state index in [-0.39, 0.29) is 72.4 Å². The number of phenols is 2. The molecule has 0 radical (unpaired) electrons. The van der Waals surface area contributed by atoms with Crippen molar-refractivity contribution in [2.75, 3.05) is 22.9 Å². The number of halogens is 4. The highest BCUT2D eigenvalue weighted by atomic mass is 35.5. The summed E-state index contributed by atoms with van der Waals surface area (Å²) in [5.74, 6) is -2.58. The molecule has 0 aliphatic heterocycles. The van der Waals surface area contributed by atoms with Gasteiger partial charge in [-0.25, -0.2) is 9.59 Å². The van der Waals surface area contributed by atoms with Crippen LogP contribution in [0, 0.1) is 0 Å². The third-order valence-electron chi connectivity index (χ3n) is 10.5. The van der Waals surface area contributed by atoms with Crippen molar-refractivity contribution in [2.24, 2.45) is 0 Å². The predicted octanol–water partition coefficient (Wildman–Crippen LogP) is 13.0. The highest BCUT2D eigenvalue weighted by Crippen LogP contribution is 2.43. The summed E-state index contributed by atoms with van der Waals surface area (Å²) in [6.45, 7) is 2.28. The lowest BCUT2D eigenvalue weighted by Crippen LogP contribution is -2.41. The maximum absolute atomic E-state index is 14.1. The summed E-state index contributed by atoms with van der Waals surface area (Å²) in [7, 11) is 0. The van der Waals surface area contributed by atoms with E-state index in [4.69, 9.17) is 60.6 Å². The highest BCUT2D eigenvalue weighted by molar-refractivity contribution is 6.38. The fourth-order valence-electron chi connectivity index (χ4n) is 7.13. The Morgan fingerprint density at radius 2 is 1.00 bits per heavy atom. The monoisotopic (exact) mass is 990 g/mol. The molecule has 7 aromatic rings. The molecule has 7 rings (SSSR count). The quantitative estimate of drug-likeness (QED) is 0.0714. The molecule has 0 saturated heterocycles. The zero-order valence-corrected chi connectivity index (χ0v) is 39.5. The molecule has 0 fully saturated rings. The van der Waals surface area contributed by atoms with Gasteiger partial charge in [-0.3, -0.25) is 14.5 Å². The molecule has 0 aliphatic rings. The second-order valence-corrected chi connectivity index (χ2v) is 17.4. The highest BCUT2D eigenvalue weighted by Gasteiger charge is 2.28. The van der Waals surface area contributed by atoms with Crippen LogP contribution >= 0.6 is 46.4 Å². The Balaban J connectivity index is 1.12. The molecule has 0 unspecified atom stereocenters. The number of anilines is 2. The molecule has 0 spiro atoms. The Hall–Kier alpha value is -7.02. The van der Waals surface area contributed by atoms with E-state index in [1.54, 1.807) is 84.9 Å². The van der Waals surface area contributed by atoms with E-state index in [0.717, 1.165) is 15.4 Å². The molecular weight excluding hydrogens is 950 g/mol. The number of nitrogens with zero attached hydrogens (tertiary/aromatic N) is 2. The molecule has 68 heavy (non-hydrogen) atoms. The zero-order valence-electron chi connectivity index (χ0n) is 36.5. The van der Waals surface area contributed by atoms with Crippen molar-refractivity contribution >= 4 is 81.5 Å². The molecular formula is C53H42Cl4N2O9. The van der Waals surface area contributed by atoms with Crippen LogP contribution in [0.1, 0.15) is 52.4 Å². The van der Waals surface area contributed by atoms with Gasteiger partial charge in [0.25, 0.3) is 5.91 Å². The first kappa shape index (κ1) is 48.9. The van der Waals surface area contributed by atoms with Gasteiger partial charge in [-0.05, 0) is 89.8 Å². The molecule has 0 saturated carbocycles. The van der Waals surface area contributed by atoms with Gasteiger partial charge in [0, 0.05) is 34.5 Å². The summed E-state index contributed by atoms with van der Waals surface area (Å²) in [6, 6.07) is 41.4. The van der Waals surface area contributed by atoms with Crippen LogP contribution in [0.3, 0.4) is 0 Å². The van der Waals surface area contributed by atoms with Crippen LogP contribution in [0.2, 0.25) is 20.1 Å². The van der Waals surface area contributed by atoms with E-state index >= 15 is 0 Å². The number of carbonyl (C=O) groups is 4. The summed E-state index contributed by atoms with van der Waals surface area (Å²) < 4.78 is 17.4. The van der Waals surface area contributed by atoms with Crippen molar-refractivity contribution in [3.8, 4) is 34.5 Å². The van der Waals surface area contributed by atoms with Gasteiger partial charge in [-0.15, -0.1) is 0 Å². The first-order valence-corrected chi connectivity index (χ1v) is 22.6. The van der Waals surface area contributed by atoms with Gasteiger partial charge >= 0.3 is 11.9 Å². The number of ether oxygens (including phenoxy) is 3. The number of esters is 2. The maximum atomic E-state index is 14.1. The van der Waals surface area contributed by atoms with Crippen molar-refractivity contribution in [2.45, 2.75) is 32.6 Å². The number of rotatable bonds is 16. The van der Waals surface area contributed by atoms with Crippen molar-refractivity contribution in [3.63, 3.8) is 0 Å². The van der Waals surface area contributed by atoms with Gasteiger partial charge in [-0.1, -0.05) is 139 Å². The number of benzene rings is 7. The summed E-state index contributed by atoms with van der Waals surface area (Å²) in [5, 5.41) is 20.8. The summed E-state index contributed by atoms with van der Waals surface area (Å²) in [5.41, 5.74) is 3.20. The Morgan fingerprint density at radius 3 is 1.53 bits per heavy atom. The van der Waals surface area contributed by atoms with E-state index in [2.05, 4.69) is 0 Å². The summed E-state index contributed by atoms with van der Waals surface area (Å²) in [4.78, 5) is 57.6. The van der Waals surface area contributed by atoms with E-state index < -0.39 is 36.8 Å². The fourth-order valence-corrected chi connectivity index (χ4v) is 8.24. The molecule has 0 aliphatic carbocycles. The second kappa shape index (κ2) is 22.2. The number of hydrogen-bond donors (Lipinski definition) is 2. The van der Waals surface area contributed by atoms with Crippen molar-refractivity contribution in [1.82, 2.24) is 0 Å². The Kier molecular flexibility index (Phi) is 16.0. The van der Waals surface area contributed by atoms with Gasteiger partial charge in [0.15, 0.2) is 11.5 Å². The van der Waals surface area contributed by atoms with E-state index in [9.17, 15) is 29.4 Å². The predicted molar refractivity (Wildman–Crippen MR) is 264 cm³/mol. The van der Waals surface area contributed by atoms with Crippen molar-refractivity contribution < 1.29 is 43.6 Å². The molecule has 0 bridgehead atoms. The topological polar surface area (TPSA) is 143 Å². The first-order valence-electron chi connectivity index (χ1n) is 21.1. The average molecular weight is 993 g/mol. The van der Waals surface area contributed by atoms with Crippen LogP contribution in [0.5, 0.6) is 34.5 Å². The second-order valence-electron chi connectivity index (χ2n) is 15.8. The molecule has 0 aromatic heterocycles. The SMILES string of the molecule is CC(C)c1cc(Oc2c(Cl)cc(N(CC(=O)OC(=O)CN(C(=O)c3ccccc3)c3cc(Cl)c(Oc4ccc(O)c(Cc5ccccc5)c4)c(Cl)c3)C(=O)Cc3ccccc3)cc2Cl)ccc1O. The fraction of sp³-hybridized carbons (Fsp3) is 0.132. The number of aromatic hydroxyl groups is 2. The molecule has 7 aromatic carbocycles. The third kappa shape index (κ3) is 12.3. The summed E-state index contributed by atoms with van der Waals surface area (Å²) >= 11 is 26.9. The van der Waals surface area contributed by atoms with Crippen molar-refractivity contribution in [1.29, 1.82) is 0 Å². The van der Waals surface area contributed by atoms with Crippen LogP contribution in [-0.4, -0.2) is 47.1 Å². The lowest BCUT2D eigenvalue weighted by molar-refractivity contribution is -0.158. The molecule has 0 heterocycles. The lowest BCUT2D eigenvalue weighted by atomic mass is 10.0. The third-order valence-corrected chi connectivity index (χ3v) is 11.6. The average Bonchev–Trinajstić information content (AvgIpc) is 3.31. The number of hydrogen-bond acceptors (Lipinski definition) is 9. The zero-order chi connectivity index (χ0) is 48.5. The number of amides is 2. The molecule has 2 N–H and O–H groups in total. The Morgan fingerprint density at radius 1 is 0.544 bits per heavy atom. The standard InChI is InChI=1S/C53H42Cl4N2O9/c1-32(2)41-29-40(19-21-47(41)61)67-52-42(54)25-37(26-43(52)55)58(48(62)23-34-14-8-4-9-15-34)30-49(63)68-50(64)31-59(53(65)35-16-10-5-11-17-35)38-27-44(56)51(45(57)28-38)66-39-18-20-46(60)36(24-39)22-33-12-6-3-7-13-33/h3-21,24-29,32,60-61H,22-23,30-31H2,1-2H3. The smallest absolute Gasteiger partial charge is 0.333 e. The molecule has 15 heteroatoms. The van der Waals surface area contributed by atoms with Gasteiger partial charge in [0.05, 0.1) is 26.5 Å². The van der Waals surface area contributed by atoms with E-state index in [1.165, 1.54) is 36.4 Å². The normalized spacial score (nSPS) is 10.9. The largest absolute Gasteiger partial charge is 0.508 e. The molecule has 2 amide bonds. The van der Waals surface area contributed by atoms with Gasteiger partial charge in [0.2, 0.25) is 5.91 Å². The van der Waals surface area contributed by atoms with E-state index in [1.807, 2.05) is 44.2 Å². The minimum Gasteiger partial charge on any atom is -0.508 e. The van der Waals surface area contributed by atoms with Crippen LogP contribution in [0.15, 0.2) is 152 Å². The van der Waals surface area contributed by atoms with Gasteiger partial charge < -0.3 is 29.3 Å². The number of phenolic OH excluding ortho intramolecular Hbond substituents is 2. The summed E-state index contributed by atoms with van der Waals surface area (Å²) in [6.07, 6.45) is 0.276. The van der Waals surface area contributed by atoms with E-state index in [0.29, 0.717) is 34.6 Å². The lowest BCUT2D eigenvalue weighted by Gasteiger charge is -2.25. The van der Waals surface area contributed by atoms with Gasteiger partial charge in [0.1, 0.15) is 36.1 Å².